The van der Waals surface area contributed by atoms with Crippen LogP contribution in [0.25, 0.3) is 0 Å². The first-order valence-corrected chi connectivity index (χ1v) is 5.41. The molecule has 1 rings (SSSR count). The van der Waals surface area contributed by atoms with Crippen LogP contribution < -0.4 is 0 Å². The molecule has 0 aromatic carbocycles. The minimum atomic E-state index is -0.302. The fourth-order valence-corrected chi connectivity index (χ4v) is 1.27. The average molecular weight is 219 g/mol. The number of carbonyl (C=O) groups excluding carboxylic acids is 1. The van der Waals surface area contributed by atoms with E-state index in [-0.39, 0.29) is 5.97 Å². The van der Waals surface area contributed by atoms with Crippen molar-refractivity contribution in [2.75, 3.05) is 6.61 Å². The Morgan fingerprint density at radius 2 is 2.06 bits per heavy atom. The zero-order valence-electron chi connectivity index (χ0n) is 9.61. The van der Waals surface area contributed by atoms with E-state index in [4.69, 9.17) is 4.74 Å². The topological polar surface area (TPSA) is 39.2 Å². The highest BCUT2D eigenvalue weighted by atomic mass is 16.5. The Hall–Kier alpha value is -1.64. The van der Waals surface area contributed by atoms with Gasteiger partial charge in [-0.1, -0.05) is 6.58 Å². The number of rotatable bonds is 6. The SMILES string of the molecule is C=C(C)C(=O)OCCCCc1ccncc1. The Morgan fingerprint density at radius 3 is 2.69 bits per heavy atom. The van der Waals surface area contributed by atoms with Gasteiger partial charge in [0, 0.05) is 18.0 Å². The number of esters is 1. The summed E-state index contributed by atoms with van der Waals surface area (Å²) >= 11 is 0. The summed E-state index contributed by atoms with van der Waals surface area (Å²) in [5, 5.41) is 0. The molecule has 3 nitrogen and oxygen atoms in total. The van der Waals surface area contributed by atoms with Crippen LogP contribution in [0.2, 0.25) is 0 Å². The van der Waals surface area contributed by atoms with E-state index in [1.165, 1.54) is 5.56 Å². The summed E-state index contributed by atoms with van der Waals surface area (Å²) in [4.78, 5) is 15.0. The normalized spacial score (nSPS) is 9.81. The molecule has 16 heavy (non-hydrogen) atoms. The maximum absolute atomic E-state index is 11.0. The van der Waals surface area contributed by atoms with Crippen molar-refractivity contribution in [3.05, 3.63) is 42.2 Å². The molecule has 0 aliphatic heterocycles. The number of aromatic nitrogens is 1. The lowest BCUT2D eigenvalue weighted by Gasteiger charge is -2.04. The lowest BCUT2D eigenvalue weighted by molar-refractivity contribution is -0.139. The van der Waals surface area contributed by atoms with E-state index < -0.39 is 0 Å². The van der Waals surface area contributed by atoms with Gasteiger partial charge in [-0.25, -0.2) is 4.79 Å². The van der Waals surface area contributed by atoms with Crippen molar-refractivity contribution in [2.45, 2.75) is 26.2 Å². The second kappa shape index (κ2) is 6.77. The monoisotopic (exact) mass is 219 g/mol. The lowest BCUT2D eigenvalue weighted by Crippen LogP contribution is -2.06. The number of unbranched alkanes of at least 4 members (excludes halogenated alkanes) is 1. The molecule has 0 aliphatic rings. The zero-order chi connectivity index (χ0) is 11.8. The summed E-state index contributed by atoms with van der Waals surface area (Å²) in [5.74, 6) is -0.302. The molecule has 1 heterocycles. The number of hydrogen-bond acceptors (Lipinski definition) is 3. The van der Waals surface area contributed by atoms with Crippen molar-refractivity contribution >= 4 is 5.97 Å². The van der Waals surface area contributed by atoms with Crippen molar-refractivity contribution in [3.8, 4) is 0 Å². The first-order valence-electron chi connectivity index (χ1n) is 5.41. The molecule has 3 heteroatoms. The number of hydrogen-bond donors (Lipinski definition) is 0. The molecule has 0 N–H and O–H groups in total. The van der Waals surface area contributed by atoms with Crippen molar-refractivity contribution in [2.24, 2.45) is 0 Å². The van der Waals surface area contributed by atoms with Crippen molar-refractivity contribution in [1.82, 2.24) is 4.98 Å². The summed E-state index contributed by atoms with van der Waals surface area (Å²) in [6.07, 6.45) is 6.45. The summed E-state index contributed by atoms with van der Waals surface area (Å²) in [6, 6.07) is 4.00. The molecule has 0 unspecified atom stereocenters. The molecular weight excluding hydrogens is 202 g/mol. The molecule has 1 aromatic heterocycles. The molecule has 0 radical (unpaired) electrons. The smallest absolute Gasteiger partial charge is 0.333 e. The Balaban J connectivity index is 2.09. The molecule has 0 fully saturated rings. The summed E-state index contributed by atoms with van der Waals surface area (Å²) in [5.41, 5.74) is 1.72. The van der Waals surface area contributed by atoms with Crippen LogP contribution in [0.1, 0.15) is 25.3 Å². The molecule has 0 spiro atoms. The lowest BCUT2D eigenvalue weighted by atomic mass is 10.1. The molecule has 0 aliphatic carbocycles. The molecule has 1 aromatic rings. The molecule has 86 valence electrons. The predicted molar refractivity (Wildman–Crippen MR) is 62.9 cm³/mol. The molecule has 0 saturated carbocycles. The molecular formula is C13H17NO2. The Kier molecular flexibility index (Phi) is 5.26. The minimum absolute atomic E-state index is 0.302. The number of ether oxygens (including phenoxy) is 1. The maximum atomic E-state index is 11.0. The van der Waals surface area contributed by atoms with Gasteiger partial charge in [0.25, 0.3) is 0 Å². The van der Waals surface area contributed by atoms with Gasteiger partial charge in [0.2, 0.25) is 0 Å². The van der Waals surface area contributed by atoms with Crippen LogP contribution >= 0.6 is 0 Å². The van der Waals surface area contributed by atoms with Gasteiger partial charge in [0.05, 0.1) is 6.61 Å². The summed E-state index contributed by atoms with van der Waals surface area (Å²) < 4.78 is 4.99. The average Bonchev–Trinajstić information content (AvgIpc) is 2.29. The third-order valence-electron chi connectivity index (χ3n) is 2.19. The highest BCUT2D eigenvalue weighted by Crippen LogP contribution is 2.04. The second-order valence-corrected chi connectivity index (χ2v) is 3.73. The van der Waals surface area contributed by atoms with E-state index in [2.05, 4.69) is 11.6 Å². The molecule has 0 bridgehead atoms. The van der Waals surface area contributed by atoms with Crippen LogP contribution in [0.4, 0.5) is 0 Å². The standard InChI is InChI=1S/C13H17NO2/c1-11(2)13(15)16-10-4-3-5-12-6-8-14-9-7-12/h6-9H,1,3-5,10H2,2H3. The van der Waals surface area contributed by atoms with Gasteiger partial charge in [0.1, 0.15) is 0 Å². The van der Waals surface area contributed by atoms with Crippen LogP contribution in [0.3, 0.4) is 0 Å². The van der Waals surface area contributed by atoms with E-state index in [1.54, 1.807) is 19.3 Å². The van der Waals surface area contributed by atoms with Gasteiger partial charge in [-0.2, -0.15) is 0 Å². The third-order valence-corrected chi connectivity index (χ3v) is 2.19. The van der Waals surface area contributed by atoms with Gasteiger partial charge in [0.15, 0.2) is 0 Å². The van der Waals surface area contributed by atoms with Gasteiger partial charge >= 0.3 is 5.97 Å². The van der Waals surface area contributed by atoms with E-state index in [0.717, 1.165) is 19.3 Å². The maximum Gasteiger partial charge on any atom is 0.333 e. The predicted octanol–water partition coefficient (Wildman–Crippen LogP) is 2.52. The van der Waals surface area contributed by atoms with E-state index in [0.29, 0.717) is 12.2 Å². The fraction of sp³-hybridized carbons (Fsp3) is 0.385. The van der Waals surface area contributed by atoms with Crippen molar-refractivity contribution < 1.29 is 9.53 Å². The molecule has 0 saturated heterocycles. The number of aryl methyl sites for hydroxylation is 1. The summed E-state index contributed by atoms with van der Waals surface area (Å²) in [6.45, 7) is 5.64. The number of nitrogens with zero attached hydrogens (tertiary/aromatic N) is 1. The third kappa shape index (κ3) is 4.73. The van der Waals surface area contributed by atoms with Gasteiger partial charge in [-0.3, -0.25) is 4.98 Å². The van der Waals surface area contributed by atoms with Crippen molar-refractivity contribution in [1.29, 1.82) is 0 Å². The highest BCUT2D eigenvalue weighted by Gasteiger charge is 2.01. The van der Waals surface area contributed by atoms with Crippen LogP contribution in [0.15, 0.2) is 36.7 Å². The fourth-order valence-electron chi connectivity index (χ4n) is 1.27. The highest BCUT2D eigenvalue weighted by molar-refractivity contribution is 5.86. The van der Waals surface area contributed by atoms with Gasteiger partial charge in [-0.15, -0.1) is 0 Å². The second-order valence-electron chi connectivity index (χ2n) is 3.73. The number of pyridine rings is 1. The van der Waals surface area contributed by atoms with E-state index in [1.807, 2.05) is 12.1 Å². The molecule has 0 amide bonds. The van der Waals surface area contributed by atoms with Crippen LogP contribution in [0.5, 0.6) is 0 Å². The molecule has 0 atom stereocenters. The van der Waals surface area contributed by atoms with Crippen LogP contribution in [-0.2, 0) is 16.0 Å². The first-order chi connectivity index (χ1) is 7.70. The van der Waals surface area contributed by atoms with E-state index >= 15 is 0 Å². The van der Waals surface area contributed by atoms with Crippen LogP contribution in [-0.4, -0.2) is 17.6 Å². The zero-order valence-corrected chi connectivity index (χ0v) is 9.61. The Labute approximate surface area is 96.2 Å². The first kappa shape index (κ1) is 12.4. The van der Waals surface area contributed by atoms with Gasteiger partial charge < -0.3 is 4.74 Å². The van der Waals surface area contributed by atoms with Gasteiger partial charge in [-0.05, 0) is 43.9 Å². The van der Waals surface area contributed by atoms with Crippen molar-refractivity contribution in [3.63, 3.8) is 0 Å². The Morgan fingerprint density at radius 1 is 1.38 bits per heavy atom. The summed E-state index contributed by atoms with van der Waals surface area (Å²) in [7, 11) is 0. The largest absolute Gasteiger partial charge is 0.462 e. The van der Waals surface area contributed by atoms with E-state index in [9.17, 15) is 4.79 Å². The minimum Gasteiger partial charge on any atom is -0.462 e. The Bertz CT molecular complexity index is 346. The quantitative estimate of drug-likeness (QED) is 0.419. The van der Waals surface area contributed by atoms with Crippen LogP contribution in [0, 0.1) is 0 Å². The number of carbonyl (C=O) groups is 1.